The highest BCUT2D eigenvalue weighted by Crippen LogP contribution is 2.18. The maximum atomic E-state index is 11.7. The average molecular weight is 256 g/mol. The van der Waals surface area contributed by atoms with Gasteiger partial charge < -0.3 is 5.32 Å². The zero-order chi connectivity index (χ0) is 12.9. The monoisotopic (exact) mass is 256 g/mol. The van der Waals surface area contributed by atoms with Crippen LogP contribution in [0.25, 0.3) is 0 Å². The van der Waals surface area contributed by atoms with Gasteiger partial charge in [0.25, 0.3) is 0 Å². The molecule has 1 aromatic rings. The third kappa shape index (κ3) is 4.36. The highest BCUT2D eigenvalue weighted by molar-refractivity contribution is 7.92. The fourth-order valence-corrected chi connectivity index (χ4v) is 2.63. The average Bonchev–Trinajstić information content (AvgIpc) is 2.22. The minimum atomic E-state index is -3.21. The SMILES string of the molecule is CNCCCN(c1cccc(C)c1)S(C)(=O)=O. The zero-order valence-electron chi connectivity index (χ0n) is 10.6. The summed E-state index contributed by atoms with van der Waals surface area (Å²) in [6.07, 6.45) is 2.03. The van der Waals surface area contributed by atoms with E-state index in [1.807, 2.05) is 38.2 Å². The summed E-state index contributed by atoms with van der Waals surface area (Å²) in [7, 11) is -1.35. The second kappa shape index (κ2) is 6.02. The van der Waals surface area contributed by atoms with Crippen molar-refractivity contribution in [1.29, 1.82) is 0 Å². The van der Waals surface area contributed by atoms with Crippen molar-refractivity contribution in [1.82, 2.24) is 5.32 Å². The highest BCUT2D eigenvalue weighted by Gasteiger charge is 2.16. The predicted octanol–water partition coefficient (Wildman–Crippen LogP) is 1.37. The molecule has 0 aliphatic carbocycles. The number of nitrogens with zero attached hydrogens (tertiary/aromatic N) is 1. The van der Waals surface area contributed by atoms with E-state index in [4.69, 9.17) is 0 Å². The molecule has 0 unspecified atom stereocenters. The lowest BCUT2D eigenvalue weighted by Crippen LogP contribution is -2.32. The second-order valence-corrected chi connectivity index (χ2v) is 6.04. The molecular formula is C12H20N2O2S. The first-order valence-corrected chi connectivity index (χ1v) is 7.49. The maximum Gasteiger partial charge on any atom is 0.232 e. The van der Waals surface area contributed by atoms with Crippen LogP contribution in [0.15, 0.2) is 24.3 Å². The van der Waals surface area contributed by atoms with Gasteiger partial charge in [0.15, 0.2) is 0 Å². The van der Waals surface area contributed by atoms with E-state index in [1.165, 1.54) is 10.6 Å². The number of benzene rings is 1. The van der Waals surface area contributed by atoms with Crippen LogP contribution in [0.1, 0.15) is 12.0 Å². The van der Waals surface area contributed by atoms with Crippen molar-refractivity contribution in [3.63, 3.8) is 0 Å². The lowest BCUT2D eigenvalue weighted by molar-refractivity contribution is 0.594. The van der Waals surface area contributed by atoms with E-state index >= 15 is 0 Å². The molecule has 0 amide bonds. The van der Waals surface area contributed by atoms with Gasteiger partial charge in [-0.3, -0.25) is 4.31 Å². The number of rotatable bonds is 6. The summed E-state index contributed by atoms with van der Waals surface area (Å²) < 4.78 is 24.9. The zero-order valence-corrected chi connectivity index (χ0v) is 11.4. The Labute approximate surface area is 104 Å². The second-order valence-electron chi connectivity index (χ2n) is 4.13. The molecule has 1 N–H and O–H groups in total. The van der Waals surface area contributed by atoms with E-state index in [0.717, 1.165) is 24.2 Å². The Morgan fingerprint density at radius 2 is 2.06 bits per heavy atom. The molecule has 17 heavy (non-hydrogen) atoms. The first-order valence-electron chi connectivity index (χ1n) is 5.64. The Morgan fingerprint density at radius 1 is 1.35 bits per heavy atom. The van der Waals surface area contributed by atoms with Gasteiger partial charge in [-0.15, -0.1) is 0 Å². The molecule has 0 aliphatic rings. The van der Waals surface area contributed by atoms with Gasteiger partial charge in [0.05, 0.1) is 11.9 Å². The Balaban J connectivity index is 2.91. The van der Waals surface area contributed by atoms with Gasteiger partial charge in [-0.1, -0.05) is 12.1 Å². The fraction of sp³-hybridized carbons (Fsp3) is 0.500. The third-order valence-corrected chi connectivity index (χ3v) is 3.67. The van der Waals surface area contributed by atoms with Crippen molar-refractivity contribution >= 4 is 15.7 Å². The number of hydrogen-bond acceptors (Lipinski definition) is 3. The Bertz CT molecular complexity index is 457. The highest BCUT2D eigenvalue weighted by atomic mass is 32.2. The summed E-state index contributed by atoms with van der Waals surface area (Å²) in [5.41, 5.74) is 1.80. The van der Waals surface area contributed by atoms with Crippen molar-refractivity contribution in [3.8, 4) is 0 Å². The summed E-state index contributed by atoms with van der Waals surface area (Å²) in [4.78, 5) is 0. The summed E-state index contributed by atoms with van der Waals surface area (Å²) in [5, 5.41) is 3.02. The molecule has 96 valence electrons. The fourth-order valence-electron chi connectivity index (χ4n) is 1.67. The van der Waals surface area contributed by atoms with Gasteiger partial charge in [0.1, 0.15) is 0 Å². The lowest BCUT2D eigenvalue weighted by Gasteiger charge is -2.22. The Morgan fingerprint density at radius 3 is 2.59 bits per heavy atom. The van der Waals surface area contributed by atoms with Crippen LogP contribution in [0, 0.1) is 6.92 Å². The minimum absolute atomic E-state index is 0.503. The van der Waals surface area contributed by atoms with Crippen LogP contribution in [0.5, 0.6) is 0 Å². The molecule has 0 spiro atoms. The summed E-state index contributed by atoms with van der Waals surface area (Å²) in [6, 6.07) is 7.55. The normalized spacial score (nSPS) is 11.5. The van der Waals surface area contributed by atoms with Gasteiger partial charge in [-0.05, 0) is 44.6 Å². The van der Waals surface area contributed by atoms with Crippen LogP contribution in [0.2, 0.25) is 0 Å². The van der Waals surface area contributed by atoms with Crippen molar-refractivity contribution in [2.24, 2.45) is 0 Å². The summed E-state index contributed by atoms with van der Waals surface area (Å²) >= 11 is 0. The van der Waals surface area contributed by atoms with Crippen LogP contribution in [-0.2, 0) is 10.0 Å². The largest absolute Gasteiger partial charge is 0.320 e. The number of sulfonamides is 1. The lowest BCUT2D eigenvalue weighted by atomic mass is 10.2. The van der Waals surface area contributed by atoms with Crippen molar-refractivity contribution in [2.75, 3.05) is 30.7 Å². The van der Waals surface area contributed by atoms with Gasteiger partial charge in [-0.25, -0.2) is 8.42 Å². The standard InChI is InChI=1S/C12H20N2O2S/c1-11-6-4-7-12(10-11)14(17(3,15)16)9-5-8-13-2/h4,6-7,10,13H,5,8-9H2,1-3H3. The van der Waals surface area contributed by atoms with E-state index in [2.05, 4.69) is 5.32 Å². The predicted molar refractivity (Wildman–Crippen MR) is 71.9 cm³/mol. The van der Waals surface area contributed by atoms with E-state index < -0.39 is 10.0 Å². The van der Waals surface area contributed by atoms with Crippen LogP contribution in [0.3, 0.4) is 0 Å². The molecule has 0 saturated heterocycles. The number of aryl methyl sites for hydroxylation is 1. The number of nitrogens with one attached hydrogen (secondary N) is 1. The van der Waals surface area contributed by atoms with Crippen LogP contribution < -0.4 is 9.62 Å². The Hall–Kier alpha value is -1.07. The van der Waals surface area contributed by atoms with E-state index in [1.54, 1.807) is 0 Å². The van der Waals surface area contributed by atoms with Gasteiger partial charge in [0, 0.05) is 6.54 Å². The molecule has 0 atom stereocenters. The van der Waals surface area contributed by atoms with E-state index in [-0.39, 0.29) is 0 Å². The minimum Gasteiger partial charge on any atom is -0.320 e. The van der Waals surface area contributed by atoms with Crippen molar-refractivity contribution in [2.45, 2.75) is 13.3 Å². The quantitative estimate of drug-likeness (QED) is 0.782. The molecule has 0 aromatic heterocycles. The smallest absolute Gasteiger partial charge is 0.232 e. The molecule has 0 saturated carbocycles. The van der Waals surface area contributed by atoms with E-state index in [0.29, 0.717) is 6.54 Å². The van der Waals surface area contributed by atoms with Gasteiger partial charge in [0.2, 0.25) is 10.0 Å². The van der Waals surface area contributed by atoms with Crippen molar-refractivity contribution in [3.05, 3.63) is 29.8 Å². The molecule has 0 heterocycles. The molecule has 0 radical (unpaired) electrons. The molecular weight excluding hydrogens is 236 g/mol. The van der Waals surface area contributed by atoms with E-state index in [9.17, 15) is 8.42 Å². The summed E-state index contributed by atoms with van der Waals surface area (Å²) in [5.74, 6) is 0. The molecule has 0 aliphatic heterocycles. The topological polar surface area (TPSA) is 49.4 Å². The molecule has 4 nitrogen and oxygen atoms in total. The van der Waals surface area contributed by atoms with Crippen molar-refractivity contribution < 1.29 is 8.42 Å². The third-order valence-electron chi connectivity index (χ3n) is 2.48. The summed E-state index contributed by atoms with van der Waals surface area (Å²) in [6.45, 7) is 3.26. The first-order chi connectivity index (χ1) is 7.95. The molecule has 1 rings (SSSR count). The van der Waals surface area contributed by atoms with Gasteiger partial charge in [-0.2, -0.15) is 0 Å². The van der Waals surface area contributed by atoms with Crippen LogP contribution in [0.4, 0.5) is 5.69 Å². The van der Waals surface area contributed by atoms with Gasteiger partial charge >= 0.3 is 0 Å². The number of anilines is 1. The Kier molecular flexibility index (Phi) is 4.96. The van der Waals surface area contributed by atoms with Crippen LogP contribution in [-0.4, -0.2) is 34.8 Å². The molecule has 1 aromatic carbocycles. The first kappa shape index (κ1) is 14.0. The number of hydrogen-bond donors (Lipinski definition) is 1. The van der Waals surface area contributed by atoms with Crippen LogP contribution >= 0.6 is 0 Å². The molecule has 0 bridgehead atoms. The molecule has 0 fully saturated rings. The molecule has 5 heteroatoms. The maximum absolute atomic E-state index is 11.7.